The molecule has 0 aliphatic carbocycles. The van der Waals surface area contributed by atoms with Crippen LogP contribution >= 0.6 is 11.3 Å². The van der Waals surface area contributed by atoms with Gasteiger partial charge in [-0.15, -0.1) is 0 Å². The molecule has 9 heteroatoms. The fraction of sp³-hybridized carbons (Fsp3) is 0.276. The van der Waals surface area contributed by atoms with Crippen LogP contribution in [0.25, 0.3) is 10.2 Å². The Labute approximate surface area is 227 Å². The molecule has 0 bridgehead atoms. The van der Waals surface area contributed by atoms with E-state index >= 15 is 0 Å². The molecule has 38 heavy (non-hydrogen) atoms. The predicted molar refractivity (Wildman–Crippen MR) is 153 cm³/mol. The van der Waals surface area contributed by atoms with Crippen molar-refractivity contribution in [2.24, 2.45) is 5.10 Å². The number of hydrogen-bond acceptors (Lipinski definition) is 6. The molecule has 1 aromatic heterocycles. The molecule has 7 nitrogen and oxygen atoms in total. The molecule has 1 unspecified atom stereocenters. The quantitative estimate of drug-likeness (QED) is 0.203. The van der Waals surface area contributed by atoms with Gasteiger partial charge in [-0.3, -0.25) is 4.79 Å². The summed E-state index contributed by atoms with van der Waals surface area (Å²) in [7, 11) is -3.64. The highest BCUT2D eigenvalue weighted by molar-refractivity contribution is 7.89. The van der Waals surface area contributed by atoms with Gasteiger partial charge in [-0.1, -0.05) is 61.1 Å². The first kappa shape index (κ1) is 26.2. The minimum atomic E-state index is -3.64. The fourth-order valence-electron chi connectivity index (χ4n) is 4.69. The van der Waals surface area contributed by atoms with Gasteiger partial charge in [-0.25, -0.2) is 13.4 Å². The number of fused-ring (bicyclic) bond motifs is 1. The summed E-state index contributed by atoms with van der Waals surface area (Å²) in [6.07, 6.45) is 5.19. The number of piperidine rings is 1. The van der Waals surface area contributed by atoms with E-state index in [4.69, 9.17) is 0 Å². The van der Waals surface area contributed by atoms with E-state index in [0.717, 1.165) is 47.0 Å². The highest BCUT2D eigenvalue weighted by Crippen LogP contribution is 2.31. The highest BCUT2D eigenvalue weighted by Gasteiger charge is 2.32. The van der Waals surface area contributed by atoms with Crippen LogP contribution in [0.3, 0.4) is 0 Å². The Balaban J connectivity index is 1.47. The van der Waals surface area contributed by atoms with Gasteiger partial charge in [-0.2, -0.15) is 14.4 Å². The third kappa shape index (κ3) is 5.41. The number of carbonyl (C=O) groups is 1. The first-order valence-electron chi connectivity index (χ1n) is 12.8. The van der Waals surface area contributed by atoms with E-state index in [-0.39, 0.29) is 16.8 Å². The summed E-state index contributed by atoms with van der Waals surface area (Å²) in [5.74, 6) is -0.388. The van der Waals surface area contributed by atoms with E-state index in [9.17, 15) is 13.2 Å². The van der Waals surface area contributed by atoms with Gasteiger partial charge in [-0.05, 0) is 73.7 Å². The number of thiazole rings is 1. The lowest BCUT2D eigenvalue weighted by molar-refractivity contribution is 0.0987. The van der Waals surface area contributed by atoms with E-state index < -0.39 is 10.0 Å². The zero-order valence-electron chi connectivity index (χ0n) is 21.4. The van der Waals surface area contributed by atoms with Gasteiger partial charge >= 0.3 is 0 Å². The molecule has 3 aromatic carbocycles. The second kappa shape index (κ2) is 11.1. The molecule has 196 valence electrons. The molecule has 1 aliphatic rings. The highest BCUT2D eigenvalue weighted by atomic mass is 32.2. The summed E-state index contributed by atoms with van der Waals surface area (Å²) in [6, 6.07) is 21.6. The monoisotopic (exact) mass is 546 g/mol. The lowest BCUT2D eigenvalue weighted by atomic mass is 10.0. The van der Waals surface area contributed by atoms with Gasteiger partial charge in [0.1, 0.15) is 0 Å². The standard InChI is InChI=1S/C29H30N4O3S2/c1-3-24-11-7-8-18-32(24)38(35,36)25-15-13-23(14-16-25)28(34)33(30-20-22-9-5-4-6-10-22)29-31-26-17-12-21(2)19-27(26)37-29/h4-6,9-10,12-17,19-20,24H,3,7-8,11,18H2,1-2H3/b30-20+. The fourth-order valence-corrected chi connectivity index (χ4v) is 7.48. The Morgan fingerprint density at radius 1 is 1.11 bits per heavy atom. The van der Waals surface area contributed by atoms with Crippen molar-refractivity contribution in [1.29, 1.82) is 0 Å². The number of anilines is 1. The van der Waals surface area contributed by atoms with E-state index in [0.29, 0.717) is 17.2 Å². The van der Waals surface area contributed by atoms with Crippen LogP contribution in [0.2, 0.25) is 0 Å². The molecule has 0 radical (unpaired) electrons. The number of carbonyl (C=O) groups excluding carboxylic acids is 1. The van der Waals surface area contributed by atoms with Crippen molar-refractivity contribution in [2.75, 3.05) is 11.6 Å². The summed E-state index contributed by atoms with van der Waals surface area (Å²) in [6.45, 7) is 4.56. The zero-order chi connectivity index (χ0) is 26.7. The van der Waals surface area contributed by atoms with Crippen LogP contribution in [0, 0.1) is 6.92 Å². The number of hydrazone groups is 1. The Kier molecular flexibility index (Phi) is 7.69. The van der Waals surface area contributed by atoms with Gasteiger partial charge in [0.25, 0.3) is 5.91 Å². The summed E-state index contributed by atoms with van der Waals surface area (Å²) in [4.78, 5) is 18.5. The van der Waals surface area contributed by atoms with Crippen molar-refractivity contribution in [2.45, 2.75) is 50.5 Å². The Hall–Kier alpha value is -3.40. The number of aryl methyl sites for hydroxylation is 1. The summed E-state index contributed by atoms with van der Waals surface area (Å²) < 4.78 is 29.3. The van der Waals surface area contributed by atoms with Crippen molar-refractivity contribution >= 4 is 48.8 Å². The molecule has 0 saturated carbocycles. The SMILES string of the molecule is CCC1CCCCN1S(=O)(=O)c1ccc(C(=O)N(/N=C/c2ccccc2)c2nc3ccc(C)cc3s2)cc1. The Bertz CT molecular complexity index is 1560. The Morgan fingerprint density at radius 2 is 1.87 bits per heavy atom. The molecular formula is C29H30N4O3S2. The smallest absolute Gasteiger partial charge is 0.267 e. The van der Waals surface area contributed by atoms with Crippen LogP contribution in [-0.4, -0.2) is 42.4 Å². The molecule has 0 N–H and O–H groups in total. The predicted octanol–water partition coefficient (Wildman–Crippen LogP) is 6.24. The zero-order valence-corrected chi connectivity index (χ0v) is 23.1. The normalized spacial score (nSPS) is 16.7. The molecule has 1 aliphatic heterocycles. The van der Waals surface area contributed by atoms with Crippen molar-refractivity contribution in [3.8, 4) is 0 Å². The molecule has 5 rings (SSSR count). The van der Waals surface area contributed by atoms with Crippen LogP contribution in [-0.2, 0) is 10.0 Å². The second-order valence-electron chi connectivity index (χ2n) is 9.44. The second-order valence-corrected chi connectivity index (χ2v) is 12.3. The molecular weight excluding hydrogens is 516 g/mol. The molecule has 1 saturated heterocycles. The van der Waals surface area contributed by atoms with Crippen LogP contribution in [0.5, 0.6) is 0 Å². The number of rotatable bonds is 7. The van der Waals surface area contributed by atoms with Crippen LogP contribution < -0.4 is 5.01 Å². The van der Waals surface area contributed by atoms with Crippen LogP contribution in [0.1, 0.15) is 54.1 Å². The molecule has 1 fully saturated rings. The van der Waals surface area contributed by atoms with Gasteiger partial charge in [0.2, 0.25) is 15.2 Å². The van der Waals surface area contributed by atoms with E-state index in [1.165, 1.54) is 28.5 Å². The first-order chi connectivity index (χ1) is 18.4. The summed E-state index contributed by atoms with van der Waals surface area (Å²) >= 11 is 1.38. The molecule has 0 spiro atoms. The molecule has 1 amide bonds. The molecule has 2 heterocycles. The Morgan fingerprint density at radius 3 is 2.61 bits per heavy atom. The lowest BCUT2D eigenvalue weighted by Gasteiger charge is -2.34. The van der Waals surface area contributed by atoms with Gasteiger partial charge in [0, 0.05) is 18.2 Å². The first-order valence-corrected chi connectivity index (χ1v) is 15.0. The van der Waals surface area contributed by atoms with E-state index in [2.05, 4.69) is 10.1 Å². The maximum atomic E-state index is 13.7. The minimum absolute atomic E-state index is 0.0144. The number of benzene rings is 3. The minimum Gasteiger partial charge on any atom is -0.267 e. The molecule has 1 atom stereocenters. The van der Waals surface area contributed by atoms with Crippen molar-refractivity contribution < 1.29 is 13.2 Å². The average Bonchev–Trinajstić information content (AvgIpc) is 3.36. The van der Waals surface area contributed by atoms with Crippen LogP contribution in [0.15, 0.2) is 82.8 Å². The largest absolute Gasteiger partial charge is 0.280 e. The van der Waals surface area contributed by atoms with Crippen molar-refractivity contribution in [3.05, 3.63) is 89.5 Å². The van der Waals surface area contributed by atoms with E-state index in [1.54, 1.807) is 22.7 Å². The third-order valence-electron chi connectivity index (χ3n) is 6.78. The van der Waals surface area contributed by atoms with E-state index in [1.807, 2.05) is 62.4 Å². The van der Waals surface area contributed by atoms with Crippen molar-refractivity contribution in [1.82, 2.24) is 9.29 Å². The lowest BCUT2D eigenvalue weighted by Crippen LogP contribution is -2.43. The molecule has 4 aromatic rings. The number of aromatic nitrogens is 1. The maximum Gasteiger partial charge on any atom is 0.280 e. The number of amides is 1. The third-order valence-corrected chi connectivity index (χ3v) is 9.74. The maximum absolute atomic E-state index is 13.7. The number of sulfonamides is 1. The van der Waals surface area contributed by atoms with Crippen molar-refractivity contribution in [3.63, 3.8) is 0 Å². The number of hydrogen-bond donors (Lipinski definition) is 0. The average molecular weight is 547 g/mol. The number of nitrogens with zero attached hydrogens (tertiary/aromatic N) is 4. The van der Waals surface area contributed by atoms with Gasteiger partial charge in [0.05, 0.1) is 21.3 Å². The summed E-state index contributed by atoms with van der Waals surface area (Å²) in [5.41, 5.74) is 3.07. The van der Waals surface area contributed by atoms with Gasteiger partial charge in [0.15, 0.2) is 0 Å². The van der Waals surface area contributed by atoms with Gasteiger partial charge < -0.3 is 0 Å². The topological polar surface area (TPSA) is 82.9 Å². The summed E-state index contributed by atoms with van der Waals surface area (Å²) in [5, 5.41) is 6.23. The van der Waals surface area contributed by atoms with Crippen LogP contribution in [0.4, 0.5) is 5.13 Å².